The molecule has 0 aromatic heterocycles. The topological polar surface area (TPSA) is 55.3 Å². The van der Waals surface area contributed by atoms with E-state index >= 15 is 0 Å². The van der Waals surface area contributed by atoms with Gasteiger partial charge in [0.05, 0.1) is 0 Å². The number of likely N-dealkylation sites (N-methyl/N-ethyl adjacent to an activating group) is 1. The van der Waals surface area contributed by atoms with Gasteiger partial charge >= 0.3 is 0 Å². The lowest BCUT2D eigenvalue weighted by atomic mass is 10.4. The molecule has 0 aromatic carbocycles. The second-order valence-corrected chi connectivity index (χ2v) is 1.92. The number of nitrogens with two attached hydrogens (primary N) is 2. The van der Waals surface area contributed by atoms with Crippen molar-refractivity contribution in [3.63, 3.8) is 0 Å². The molecule has 1 unspecified atom stereocenters. The molecular formula is C4H13N3. The third kappa shape index (κ3) is 5.88. The molecule has 0 amide bonds. The van der Waals surface area contributed by atoms with E-state index in [2.05, 4.69) is 0 Å². The van der Waals surface area contributed by atoms with E-state index < -0.39 is 0 Å². The molecule has 0 bridgehead atoms. The van der Waals surface area contributed by atoms with E-state index in [-0.39, 0.29) is 6.04 Å². The van der Waals surface area contributed by atoms with Crippen LogP contribution in [0.2, 0.25) is 0 Å². The van der Waals surface area contributed by atoms with E-state index in [0.29, 0.717) is 0 Å². The van der Waals surface area contributed by atoms with Crippen LogP contribution in [0.15, 0.2) is 0 Å². The summed E-state index contributed by atoms with van der Waals surface area (Å²) >= 11 is 0. The summed E-state index contributed by atoms with van der Waals surface area (Å²) in [6, 6.07) is 0.176. The Bertz CT molecular complexity index is 36.2. The zero-order valence-corrected chi connectivity index (χ0v) is 4.89. The van der Waals surface area contributed by atoms with Gasteiger partial charge in [-0.1, -0.05) is 0 Å². The molecule has 0 aliphatic carbocycles. The lowest BCUT2D eigenvalue weighted by molar-refractivity contribution is 0.330. The van der Waals surface area contributed by atoms with Gasteiger partial charge in [-0.3, -0.25) is 5.84 Å². The summed E-state index contributed by atoms with van der Waals surface area (Å²) < 4.78 is 0. The summed E-state index contributed by atoms with van der Waals surface area (Å²) in [4.78, 5) is 0. The van der Waals surface area contributed by atoms with Gasteiger partial charge in [0.2, 0.25) is 0 Å². The van der Waals surface area contributed by atoms with Crippen molar-refractivity contribution in [2.24, 2.45) is 11.6 Å². The maximum atomic E-state index is 5.37. The first-order valence-corrected chi connectivity index (χ1v) is 2.34. The van der Waals surface area contributed by atoms with Gasteiger partial charge in [-0.25, -0.2) is 5.01 Å². The van der Waals surface area contributed by atoms with Gasteiger partial charge in [0, 0.05) is 19.6 Å². The van der Waals surface area contributed by atoms with Crippen molar-refractivity contribution < 1.29 is 0 Å². The molecule has 0 spiro atoms. The molecule has 0 rings (SSSR count). The molecule has 0 aliphatic rings. The number of rotatable bonds is 2. The molecule has 3 nitrogen and oxygen atoms in total. The van der Waals surface area contributed by atoms with Crippen LogP contribution in [0.5, 0.6) is 0 Å². The highest BCUT2D eigenvalue weighted by Crippen LogP contribution is 1.73. The number of nitrogens with zero attached hydrogens (tertiary/aromatic N) is 1. The fraction of sp³-hybridized carbons (Fsp3) is 1.00. The van der Waals surface area contributed by atoms with Crippen LogP contribution in [0.4, 0.5) is 0 Å². The van der Waals surface area contributed by atoms with Crippen LogP contribution in [0.3, 0.4) is 0 Å². The van der Waals surface area contributed by atoms with E-state index in [9.17, 15) is 0 Å². The summed E-state index contributed by atoms with van der Waals surface area (Å²) in [5.74, 6) is 5.25. The van der Waals surface area contributed by atoms with E-state index in [0.717, 1.165) is 6.54 Å². The number of hydrazine groups is 1. The Balaban J connectivity index is 2.95. The van der Waals surface area contributed by atoms with Crippen molar-refractivity contribution in [1.29, 1.82) is 0 Å². The summed E-state index contributed by atoms with van der Waals surface area (Å²) in [6.07, 6.45) is 0. The molecule has 0 heterocycles. The summed E-state index contributed by atoms with van der Waals surface area (Å²) in [5.41, 5.74) is 5.37. The largest absolute Gasteiger partial charge is 0.327 e. The maximum Gasteiger partial charge on any atom is 0.0274 e. The smallest absolute Gasteiger partial charge is 0.0274 e. The van der Waals surface area contributed by atoms with Crippen molar-refractivity contribution in [1.82, 2.24) is 5.01 Å². The van der Waals surface area contributed by atoms with Crippen molar-refractivity contribution in [2.75, 3.05) is 13.6 Å². The second kappa shape index (κ2) is 2.96. The first-order valence-electron chi connectivity index (χ1n) is 2.34. The van der Waals surface area contributed by atoms with Crippen molar-refractivity contribution in [2.45, 2.75) is 13.0 Å². The average Bonchev–Trinajstić information content (AvgIpc) is 1.27. The Labute approximate surface area is 44.2 Å². The predicted octanol–water partition coefficient (Wildman–Crippen LogP) is -0.861. The molecule has 44 valence electrons. The normalized spacial score (nSPS) is 15.0. The molecule has 3 heteroatoms. The van der Waals surface area contributed by atoms with E-state index in [4.69, 9.17) is 11.6 Å². The Hall–Kier alpha value is -0.120. The zero-order valence-electron chi connectivity index (χ0n) is 4.89. The first kappa shape index (κ1) is 6.88. The average molecular weight is 103 g/mol. The third-order valence-corrected chi connectivity index (χ3v) is 0.576. The molecule has 7 heavy (non-hydrogen) atoms. The van der Waals surface area contributed by atoms with Crippen molar-refractivity contribution in [3.05, 3.63) is 0 Å². The highest BCUT2D eigenvalue weighted by atomic mass is 15.4. The fourth-order valence-electron chi connectivity index (χ4n) is 0.454. The minimum Gasteiger partial charge on any atom is -0.327 e. The molecule has 4 N–H and O–H groups in total. The van der Waals surface area contributed by atoms with Crippen LogP contribution in [0.1, 0.15) is 6.92 Å². The quantitative estimate of drug-likeness (QED) is 0.353. The van der Waals surface area contributed by atoms with Crippen LogP contribution < -0.4 is 11.6 Å². The monoisotopic (exact) mass is 103 g/mol. The van der Waals surface area contributed by atoms with Gasteiger partial charge in [0.1, 0.15) is 0 Å². The van der Waals surface area contributed by atoms with E-state index in [1.165, 1.54) is 0 Å². The van der Waals surface area contributed by atoms with E-state index in [1.807, 2.05) is 6.92 Å². The van der Waals surface area contributed by atoms with Crippen LogP contribution in [-0.2, 0) is 0 Å². The van der Waals surface area contributed by atoms with Crippen molar-refractivity contribution in [3.8, 4) is 0 Å². The van der Waals surface area contributed by atoms with Crippen LogP contribution >= 0.6 is 0 Å². The standard InChI is InChI=1S/C4H13N3/c1-4(5)3-7(2)6/h4H,3,5-6H2,1-2H3. The lowest BCUT2D eigenvalue weighted by Gasteiger charge is -2.10. The summed E-state index contributed by atoms with van der Waals surface area (Å²) in [7, 11) is 1.80. The molecule has 0 saturated heterocycles. The second-order valence-electron chi connectivity index (χ2n) is 1.92. The predicted molar refractivity (Wildman–Crippen MR) is 30.5 cm³/mol. The Morgan fingerprint density at radius 3 is 2.14 bits per heavy atom. The highest BCUT2D eigenvalue weighted by molar-refractivity contribution is 4.52. The number of hydrogen-bond acceptors (Lipinski definition) is 3. The molecular weight excluding hydrogens is 90.1 g/mol. The molecule has 0 aliphatic heterocycles. The molecule has 0 fully saturated rings. The number of hydrogen-bond donors (Lipinski definition) is 2. The molecule has 0 aromatic rings. The SMILES string of the molecule is CC(N)CN(C)N. The summed E-state index contributed by atoms with van der Waals surface area (Å²) in [6.45, 7) is 2.67. The van der Waals surface area contributed by atoms with Gasteiger partial charge in [0.25, 0.3) is 0 Å². The van der Waals surface area contributed by atoms with Gasteiger partial charge < -0.3 is 5.73 Å². The summed E-state index contributed by atoms with van der Waals surface area (Å²) in [5, 5.41) is 1.57. The van der Waals surface area contributed by atoms with Gasteiger partial charge in [-0.05, 0) is 6.92 Å². The third-order valence-electron chi connectivity index (χ3n) is 0.576. The maximum absolute atomic E-state index is 5.37. The van der Waals surface area contributed by atoms with E-state index in [1.54, 1.807) is 12.1 Å². The fourth-order valence-corrected chi connectivity index (χ4v) is 0.454. The minimum atomic E-state index is 0.176. The van der Waals surface area contributed by atoms with Gasteiger partial charge in [-0.2, -0.15) is 0 Å². The van der Waals surface area contributed by atoms with Crippen molar-refractivity contribution >= 4 is 0 Å². The molecule has 0 saturated carbocycles. The lowest BCUT2D eigenvalue weighted by Crippen LogP contribution is -2.37. The van der Waals surface area contributed by atoms with Crippen LogP contribution in [0, 0.1) is 0 Å². The molecule has 1 atom stereocenters. The molecule has 0 radical (unpaired) electrons. The zero-order chi connectivity index (χ0) is 5.86. The Morgan fingerprint density at radius 2 is 2.14 bits per heavy atom. The van der Waals surface area contributed by atoms with Gasteiger partial charge in [-0.15, -0.1) is 0 Å². The Kier molecular flexibility index (Phi) is 2.91. The van der Waals surface area contributed by atoms with Gasteiger partial charge in [0.15, 0.2) is 0 Å². The highest BCUT2D eigenvalue weighted by Gasteiger charge is 1.92. The van der Waals surface area contributed by atoms with Crippen LogP contribution in [-0.4, -0.2) is 24.6 Å². The Morgan fingerprint density at radius 1 is 1.71 bits per heavy atom. The first-order chi connectivity index (χ1) is 3.13. The van der Waals surface area contributed by atoms with Crippen LogP contribution in [0.25, 0.3) is 0 Å². The minimum absolute atomic E-state index is 0.176.